The number of fused-ring (bicyclic) bond motifs is 1. The number of amides is 1. The molecule has 3 heterocycles. The number of aryl methyl sites for hydroxylation is 1. The average Bonchev–Trinajstić information content (AvgIpc) is 3.78. The van der Waals surface area contributed by atoms with E-state index in [1.54, 1.807) is 41.7 Å². The molecule has 2 aromatic heterocycles. The molecule has 0 spiro atoms. The van der Waals surface area contributed by atoms with Crippen LogP contribution in [0.15, 0.2) is 95.1 Å². The number of alkyl halides is 3. The number of halogens is 3. The number of ether oxygens (including phenoxy) is 1. The van der Waals surface area contributed by atoms with Gasteiger partial charge in [0.25, 0.3) is 11.5 Å². The Balaban J connectivity index is 1.10. The molecule has 47 heavy (non-hydrogen) atoms. The first-order valence-corrected chi connectivity index (χ1v) is 16.2. The molecule has 240 valence electrons. The number of aliphatic hydroxyl groups excluding tert-OH is 1. The van der Waals surface area contributed by atoms with Crippen molar-refractivity contribution in [3.8, 4) is 28.0 Å². The van der Waals surface area contributed by atoms with E-state index in [4.69, 9.17) is 4.98 Å². The standard InChI is InChI=1S/C36H30F3N3O4S/c37-36(38,39)46-27-12-5-10-24(18-27)23-9-4-11-25(17-23)31(43)33(45)42-16-6-13-29-28(20-42)32(44)41-34(40-29)35(14-15-35)30-19-26(21-47-30)22-7-2-1-3-8-22/h1-5,7-12,17-19,21,31,43H,6,13-16,20H2,(H,40,41,44)/t31-/m1/s1. The summed E-state index contributed by atoms with van der Waals surface area (Å²) in [6.07, 6.45) is -3.50. The minimum absolute atomic E-state index is 0.00845. The highest BCUT2D eigenvalue weighted by molar-refractivity contribution is 7.10. The minimum atomic E-state index is -4.83. The molecule has 2 aliphatic rings. The SMILES string of the molecule is O=C([C@H](O)c1cccc(-c2cccc(OC(F)(F)F)c2)c1)N1CCCc2nc(C3(c4cc(-c5ccccc5)cs4)CC3)[nH]c(=O)c2C1. The fraction of sp³-hybridized carbons (Fsp3) is 0.250. The number of hydrogen-bond donors (Lipinski definition) is 2. The Hall–Kier alpha value is -4.74. The van der Waals surface area contributed by atoms with Gasteiger partial charge in [-0.2, -0.15) is 0 Å². The number of carbonyl (C=O) groups excluding carboxylic acids is 1. The van der Waals surface area contributed by atoms with Crippen LogP contribution >= 0.6 is 11.3 Å². The second kappa shape index (κ2) is 12.1. The Kier molecular flexibility index (Phi) is 7.97. The zero-order chi connectivity index (χ0) is 32.8. The lowest BCUT2D eigenvalue weighted by atomic mass is 9.99. The molecule has 1 amide bonds. The Morgan fingerprint density at radius 3 is 2.43 bits per heavy atom. The lowest BCUT2D eigenvalue weighted by molar-refractivity contribution is -0.274. The number of carbonyl (C=O) groups is 1. The molecular formula is C36H30F3N3O4S. The Morgan fingerprint density at radius 1 is 0.957 bits per heavy atom. The van der Waals surface area contributed by atoms with Gasteiger partial charge in [0.05, 0.1) is 23.2 Å². The predicted octanol–water partition coefficient (Wildman–Crippen LogP) is 7.15. The first-order valence-electron chi connectivity index (χ1n) is 15.3. The highest BCUT2D eigenvalue weighted by Crippen LogP contribution is 2.54. The van der Waals surface area contributed by atoms with Crippen LogP contribution < -0.4 is 10.3 Å². The van der Waals surface area contributed by atoms with Crippen molar-refractivity contribution >= 4 is 17.2 Å². The van der Waals surface area contributed by atoms with Crippen LogP contribution in [0, 0.1) is 0 Å². The minimum Gasteiger partial charge on any atom is -0.406 e. The van der Waals surface area contributed by atoms with E-state index >= 15 is 0 Å². The van der Waals surface area contributed by atoms with E-state index in [-0.39, 0.29) is 28.8 Å². The van der Waals surface area contributed by atoms with Crippen molar-refractivity contribution in [3.63, 3.8) is 0 Å². The van der Waals surface area contributed by atoms with E-state index < -0.39 is 18.4 Å². The number of nitrogens with zero attached hydrogens (tertiary/aromatic N) is 2. The molecule has 2 N–H and O–H groups in total. The number of hydrogen-bond acceptors (Lipinski definition) is 6. The van der Waals surface area contributed by atoms with Gasteiger partial charge in [0.15, 0.2) is 6.10 Å². The molecule has 3 aromatic carbocycles. The maximum absolute atomic E-state index is 13.6. The third kappa shape index (κ3) is 6.33. The Morgan fingerprint density at radius 2 is 1.68 bits per heavy atom. The van der Waals surface area contributed by atoms with Gasteiger partial charge in [0.1, 0.15) is 11.6 Å². The number of aromatic amines is 1. The molecule has 0 radical (unpaired) electrons. The number of aromatic nitrogens is 2. The van der Waals surface area contributed by atoms with Crippen molar-refractivity contribution in [2.75, 3.05) is 6.54 Å². The summed E-state index contributed by atoms with van der Waals surface area (Å²) < 4.78 is 42.2. The predicted molar refractivity (Wildman–Crippen MR) is 172 cm³/mol. The van der Waals surface area contributed by atoms with Gasteiger partial charge in [0.2, 0.25) is 0 Å². The third-order valence-electron chi connectivity index (χ3n) is 8.82. The number of rotatable bonds is 7. The Labute approximate surface area is 272 Å². The maximum Gasteiger partial charge on any atom is 0.573 e. The molecule has 11 heteroatoms. The van der Waals surface area contributed by atoms with Crippen LogP contribution in [0.5, 0.6) is 5.75 Å². The quantitative estimate of drug-likeness (QED) is 0.194. The van der Waals surface area contributed by atoms with E-state index in [0.29, 0.717) is 47.6 Å². The van der Waals surface area contributed by atoms with Crippen LogP contribution in [-0.4, -0.2) is 38.8 Å². The first kappa shape index (κ1) is 30.9. The van der Waals surface area contributed by atoms with E-state index in [0.717, 1.165) is 28.8 Å². The fourth-order valence-electron chi connectivity index (χ4n) is 6.21. The van der Waals surface area contributed by atoms with Gasteiger partial charge in [0, 0.05) is 11.4 Å². The second-order valence-electron chi connectivity index (χ2n) is 12.0. The van der Waals surface area contributed by atoms with Crippen molar-refractivity contribution < 1.29 is 27.8 Å². The molecule has 1 saturated carbocycles. The zero-order valence-electron chi connectivity index (χ0n) is 25.1. The van der Waals surface area contributed by atoms with Gasteiger partial charge < -0.3 is 19.7 Å². The largest absolute Gasteiger partial charge is 0.573 e. The van der Waals surface area contributed by atoms with Crippen LogP contribution in [0.2, 0.25) is 0 Å². The van der Waals surface area contributed by atoms with Gasteiger partial charge in [-0.05, 0) is 83.1 Å². The molecule has 5 aromatic rings. The lowest BCUT2D eigenvalue weighted by Crippen LogP contribution is -2.36. The zero-order valence-corrected chi connectivity index (χ0v) is 25.9. The summed E-state index contributed by atoms with van der Waals surface area (Å²) in [5.74, 6) is -0.287. The van der Waals surface area contributed by atoms with Crippen molar-refractivity contribution in [1.82, 2.24) is 14.9 Å². The van der Waals surface area contributed by atoms with E-state index in [1.807, 2.05) is 18.2 Å². The summed E-state index contributed by atoms with van der Waals surface area (Å²) >= 11 is 1.67. The molecule has 1 aliphatic heterocycles. The van der Waals surface area contributed by atoms with Crippen molar-refractivity contribution in [1.29, 1.82) is 0 Å². The Bertz CT molecular complexity index is 2000. The van der Waals surface area contributed by atoms with Gasteiger partial charge in [-0.3, -0.25) is 9.59 Å². The van der Waals surface area contributed by atoms with Crippen molar-refractivity contribution in [3.05, 3.63) is 128 Å². The van der Waals surface area contributed by atoms with E-state index in [1.165, 1.54) is 23.1 Å². The van der Waals surface area contributed by atoms with Gasteiger partial charge in [-0.15, -0.1) is 24.5 Å². The van der Waals surface area contributed by atoms with Gasteiger partial charge in [-0.1, -0.05) is 60.7 Å². The molecule has 1 aliphatic carbocycles. The summed E-state index contributed by atoms with van der Waals surface area (Å²) in [7, 11) is 0. The highest BCUT2D eigenvalue weighted by Gasteiger charge is 2.50. The van der Waals surface area contributed by atoms with Crippen LogP contribution in [0.1, 0.15) is 52.9 Å². The number of thiophene rings is 1. The molecule has 0 bridgehead atoms. The lowest BCUT2D eigenvalue weighted by Gasteiger charge is -2.24. The first-order chi connectivity index (χ1) is 22.6. The molecule has 7 nitrogen and oxygen atoms in total. The van der Waals surface area contributed by atoms with Crippen LogP contribution in [0.3, 0.4) is 0 Å². The number of benzene rings is 3. The smallest absolute Gasteiger partial charge is 0.406 e. The molecule has 0 unspecified atom stereocenters. The summed E-state index contributed by atoms with van der Waals surface area (Å²) in [4.78, 5) is 37.7. The molecule has 0 saturated heterocycles. The highest BCUT2D eigenvalue weighted by atomic mass is 32.1. The fourth-order valence-corrected chi connectivity index (χ4v) is 7.39. The summed E-state index contributed by atoms with van der Waals surface area (Å²) in [5, 5.41) is 13.3. The van der Waals surface area contributed by atoms with Crippen molar-refractivity contribution in [2.24, 2.45) is 0 Å². The third-order valence-corrected chi connectivity index (χ3v) is 9.96. The molecule has 7 rings (SSSR count). The summed E-state index contributed by atoms with van der Waals surface area (Å²) in [5.41, 5.74) is 3.96. The second-order valence-corrected chi connectivity index (χ2v) is 12.9. The maximum atomic E-state index is 13.6. The molecule has 1 atom stereocenters. The van der Waals surface area contributed by atoms with Crippen LogP contribution in [0.25, 0.3) is 22.3 Å². The van der Waals surface area contributed by atoms with Gasteiger partial charge in [-0.25, -0.2) is 4.98 Å². The topological polar surface area (TPSA) is 95.5 Å². The summed E-state index contributed by atoms with van der Waals surface area (Å²) in [6, 6.07) is 24.3. The number of nitrogens with one attached hydrogen (secondary N) is 1. The molecular weight excluding hydrogens is 627 g/mol. The van der Waals surface area contributed by atoms with Gasteiger partial charge >= 0.3 is 6.36 Å². The summed E-state index contributed by atoms with van der Waals surface area (Å²) in [6.45, 7) is 0.336. The average molecular weight is 658 g/mol. The monoisotopic (exact) mass is 657 g/mol. The van der Waals surface area contributed by atoms with Crippen molar-refractivity contribution in [2.45, 2.75) is 50.1 Å². The van der Waals surface area contributed by atoms with E-state index in [2.05, 4.69) is 33.3 Å². The molecule has 1 fully saturated rings. The normalized spacial score (nSPS) is 16.2. The van der Waals surface area contributed by atoms with Crippen LogP contribution in [0.4, 0.5) is 13.2 Å². The van der Waals surface area contributed by atoms with E-state index in [9.17, 15) is 27.9 Å². The number of H-pyrrole nitrogens is 1. The number of aliphatic hydroxyl groups is 1. The van der Waals surface area contributed by atoms with Crippen LogP contribution in [-0.2, 0) is 23.2 Å².